The largest absolute Gasteiger partial charge is 0.361 e. The molecule has 1 fully saturated rings. The van der Waals surface area contributed by atoms with Gasteiger partial charge in [0, 0.05) is 56.6 Å². The molecule has 0 N–H and O–H groups in total. The molecule has 6 rings (SSSR count). The van der Waals surface area contributed by atoms with E-state index in [1.54, 1.807) is 18.7 Å². The molecule has 2 aliphatic rings. The van der Waals surface area contributed by atoms with Crippen LogP contribution in [0.4, 0.5) is 11.5 Å². The molecule has 0 saturated carbocycles. The summed E-state index contributed by atoms with van der Waals surface area (Å²) in [5.41, 5.74) is 6.10. The summed E-state index contributed by atoms with van der Waals surface area (Å²) < 4.78 is 5.18. The van der Waals surface area contributed by atoms with Crippen molar-refractivity contribution in [3.8, 4) is 0 Å². The molecular formula is C34H36ClN5O3. The van der Waals surface area contributed by atoms with E-state index >= 15 is 0 Å². The highest BCUT2D eigenvalue weighted by atomic mass is 35.5. The van der Waals surface area contributed by atoms with Gasteiger partial charge in [0.1, 0.15) is 11.6 Å². The van der Waals surface area contributed by atoms with Crippen LogP contribution in [0.5, 0.6) is 0 Å². The molecule has 1 amide bonds. The number of Topliss-reactive ketones (excluding diaryl/α,β-unsaturated/α-hetero) is 1. The van der Waals surface area contributed by atoms with E-state index in [0.29, 0.717) is 34.9 Å². The second-order valence-electron chi connectivity index (χ2n) is 11.6. The molecule has 2 atom stereocenters. The van der Waals surface area contributed by atoms with Gasteiger partial charge >= 0.3 is 0 Å². The molecule has 2 aromatic carbocycles. The van der Waals surface area contributed by atoms with Crippen molar-refractivity contribution in [2.75, 3.05) is 43.0 Å². The zero-order valence-electron chi connectivity index (χ0n) is 25.0. The maximum atomic E-state index is 13.4. The van der Waals surface area contributed by atoms with Gasteiger partial charge in [0.2, 0.25) is 0 Å². The minimum Gasteiger partial charge on any atom is -0.361 e. The first-order valence-electron chi connectivity index (χ1n) is 14.8. The number of hydrogen-bond donors (Lipinski definition) is 0. The predicted octanol–water partition coefficient (Wildman–Crippen LogP) is 6.29. The van der Waals surface area contributed by atoms with Crippen LogP contribution in [0.2, 0.25) is 5.02 Å². The molecule has 8 nitrogen and oxygen atoms in total. The van der Waals surface area contributed by atoms with Crippen LogP contribution < -0.4 is 9.80 Å². The fourth-order valence-electron chi connectivity index (χ4n) is 6.43. The molecule has 0 bridgehead atoms. The van der Waals surface area contributed by atoms with E-state index < -0.39 is 0 Å². The molecule has 43 heavy (non-hydrogen) atoms. The topological polar surface area (TPSA) is 82.8 Å². The van der Waals surface area contributed by atoms with Crippen molar-refractivity contribution in [3.63, 3.8) is 0 Å². The Morgan fingerprint density at radius 2 is 1.74 bits per heavy atom. The molecule has 4 aromatic rings. The number of ketones is 1. The van der Waals surface area contributed by atoms with Crippen molar-refractivity contribution in [2.24, 2.45) is 5.92 Å². The number of aromatic nitrogens is 2. The maximum absolute atomic E-state index is 13.4. The predicted molar refractivity (Wildman–Crippen MR) is 168 cm³/mol. The van der Waals surface area contributed by atoms with E-state index in [4.69, 9.17) is 21.1 Å². The smallest absolute Gasteiger partial charge is 0.258 e. The third kappa shape index (κ3) is 5.45. The van der Waals surface area contributed by atoms with Crippen LogP contribution in [0.25, 0.3) is 0 Å². The Bertz CT molecular complexity index is 1660. The minimum atomic E-state index is -0.169. The highest BCUT2D eigenvalue weighted by Crippen LogP contribution is 2.40. The van der Waals surface area contributed by atoms with Gasteiger partial charge in [-0.15, -0.1) is 0 Å². The van der Waals surface area contributed by atoms with Crippen LogP contribution in [-0.2, 0) is 6.42 Å². The Kier molecular flexibility index (Phi) is 8.07. The molecule has 4 heterocycles. The van der Waals surface area contributed by atoms with Crippen molar-refractivity contribution < 1.29 is 14.1 Å². The average Bonchev–Trinajstić information content (AvgIpc) is 3.32. The lowest BCUT2D eigenvalue weighted by atomic mass is 9.92. The number of fused-ring (bicyclic) bond motifs is 2. The van der Waals surface area contributed by atoms with Gasteiger partial charge in [-0.1, -0.05) is 60.1 Å². The van der Waals surface area contributed by atoms with Crippen molar-refractivity contribution in [1.29, 1.82) is 0 Å². The zero-order chi connectivity index (χ0) is 30.2. The SMILES string of the molecule is Cc1noc(C)c1C(=O)C(C)CCc1cnc(N2CCN(C3c4ccccc4C(=O)N(C)c4ccccc43)CC2)c(Cl)c1. The highest BCUT2D eigenvalue weighted by molar-refractivity contribution is 6.33. The molecule has 2 aliphatic heterocycles. The summed E-state index contributed by atoms with van der Waals surface area (Å²) in [6, 6.07) is 18.1. The van der Waals surface area contributed by atoms with Gasteiger partial charge in [0.15, 0.2) is 5.78 Å². The Morgan fingerprint density at radius 3 is 2.44 bits per heavy atom. The number of amides is 1. The number of piperazine rings is 1. The number of para-hydroxylation sites is 1. The summed E-state index contributed by atoms with van der Waals surface area (Å²) in [5, 5.41) is 4.54. The van der Waals surface area contributed by atoms with E-state index in [9.17, 15) is 9.59 Å². The number of nitrogens with zero attached hydrogens (tertiary/aromatic N) is 5. The van der Waals surface area contributed by atoms with E-state index in [2.05, 4.69) is 27.1 Å². The van der Waals surface area contributed by atoms with Crippen LogP contribution >= 0.6 is 11.6 Å². The first kappa shape index (κ1) is 29.1. The molecule has 2 aromatic heterocycles. The average molecular weight is 598 g/mol. The van der Waals surface area contributed by atoms with E-state index in [-0.39, 0.29) is 23.7 Å². The van der Waals surface area contributed by atoms with Crippen molar-refractivity contribution in [3.05, 3.63) is 105 Å². The second-order valence-corrected chi connectivity index (χ2v) is 12.0. The monoisotopic (exact) mass is 597 g/mol. The minimum absolute atomic E-state index is 0.0164. The zero-order valence-corrected chi connectivity index (χ0v) is 25.8. The van der Waals surface area contributed by atoms with E-state index in [1.807, 2.05) is 62.6 Å². The van der Waals surface area contributed by atoms with E-state index in [0.717, 1.165) is 59.9 Å². The summed E-state index contributed by atoms with van der Waals surface area (Å²) in [6.07, 6.45) is 3.26. The van der Waals surface area contributed by atoms with Gasteiger partial charge in [-0.25, -0.2) is 4.98 Å². The number of hydrogen-bond acceptors (Lipinski definition) is 7. The number of halogens is 1. The summed E-state index contributed by atoms with van der Waals surface area (Å²) in [6.45, 7) is 8.64. The van der Waals surface area contributed by atoms with Crippen LogP contribution in [0.1, 0.15) is 68.2 Å². The number of rotatable bonds is 7. The first-order valence-corrected chi connectivity index (χ1v) is 15.2. The van der Waals surface area contributed by atoms with Crippen LogP contribution in [0.15, 0.2) is 65.3 Å². The van der Waals surface area contributed by atoms with Crippen molar-refractivity contribution >= 4 is 34.8 Å². The number of pyridine rings is 1. The quantitative estimate of drug-likeness (QED) is 0.231. The van der Waals surface area contributed by atoms with Gasteiger partial charge in [0.05, 0.1) is 22.3 Å². The van der Waals surface area contributed by atoms with Crippen LogP contribution in [-0.4, -0.2) is 60.0 Å². The fraction of sp³-hybridized carbons (Fsp3) is 0.353. The molecule has 0 radical (unpaired) electrons. The Balaban J connectivity index is 1.14. The summed E-state index contributed by atoms with van der Waals surface area (Å²) in [5.74, 6) is 1.25. The molecular weight excluding hydrogens is 562 g/mol. The molecule has 0 aliphatic carbocycles. The summed E-state index contributed by atoms with van der Waals surface area (Å²) in [7, 11) is 1.85. The number of carbonyl (C=O) groups excluding carboxylic acids is 2. The molecule has 0 spiro atoms. The van der Waals surface area contributed by atoms with Crippen LogP contribution in [0, 0.1) is 19.8 Å². The summed E-state index contributed by atoms with van der Waals surface area (Å²) in [4.78, 5) is 37.6. The lowest BCUT2D eigenvalue weighted by molar-refractivity contribution is 0.0921. The molecule has 2 unspecified atom stereocenters. The van der Waals surface area contributed by atoms with Gasteiger partial charge in [-0.3, -0.25) is 14.5 Å². The second kappa shape index (κ2) is 11.9. The van der Waals surface area contributed by atoms with Gasteiger partial charge in [-0.05, 0) is 61.6 Å². The first-order chi connectivity index (χ1) is 20.7. The van der Waals surface area contributed by atoms with Crippen molar-refractivity contribution in [2.45, 2.75) is 39.7 Å². The molecule has 9 heteroatoms. The third-order valence-electron chi connectivity index (χ3n) is 8.83. The normalized spacial score (nSPS) is 17.8. The number of carbonyl (C=O) groups is 2. The fourth-order valence-corrected chi connectivity index (χ4v) is 6.74. The van der Waals surface area contributed by atoms with E-state index in [1.165, 1.54) is 0 Å². The Morgan fingerprint density at radius 1 is 1.05 bits per heavy atom. The lowest BCUT2D eigenvalue weighted by Crippen LogP contribution is -2.48. The standard InChI is InChI=1S/C34H36ClN5O3/c1-21(32(41)30-22(2)37-43-23(30)3)13-14-24-19-28(35)33(36-20-24)40-17-15-39(16-18-40)31-25-9-5-6-10-26(25)34(42)38(4)29-12-8-7-11-27(29)31/h5-12,19-21,31H,13-18H2,1-4H3. The Labute approximate surface area is 257 Å². The molecule has 222 valence electrons. The van der Waals surface area contributed by atoms with Crippen molar-refractivity contribution in [1.82, 2.24) is 15.0 Å². The van der Waals surface area contributed by atoms with Crippen LogP contribution in [0.3, 0.4) is 0 Å². The third-order valence-corrected chi connectivity index (χ3v) is 9.11. The number of aryl methyl sites for hydroxylation is 3. The highest BCUT2D eigenvalue weighted by Gasteiger charge is 2.35. The Hall–Kier alpha value is -4.01. The number of anilines is 2. The summed E-state index contributed by atoms with van der Waals surface area (Å²) >= 11 is 6.79. The van der Waals surface area contributed by atoms with Gasteiger partial charge in [-0.2, -0.15) is 0 Å². The maximum Gasteiger partial charge on any atom is 0.258 e. The number of benzene rings is 2. The lowest BCUT2D eigenvalue weighted by Gasteiger charge is -2.40. The molecule has 1 saturated heterocycles. The van der Waals surface area contributed by atoms with Gasteiger partial charge < -0.3 is 14.3 Å². The van der Waals surface area contributed by atoms with Gasteiger partial charge in [0.25, 0.3) is 5.91 Å².